The molecule has 0 unspecified atom stereocenters. The number of hydrogen-bond donors (Lipinski definition) is 0. The van der Waals surface area contributed by atoms with Gasteiger partial charge in [0.05, 0.1) is 11.6 Å². The summed E-state index contributed by atoms with van der Waals surface area (Å²) in [6.45, 7) is 0. The largest absolute Gasteiger partial charge is 0.496 e. The van der Waals surface area contributed by atoms with Gasteiger partial charge in [-0.3, -0.25) is 4.99 Å². The van der Waals surface area contributed by atoms with Crippen molar-refractivity contribution in [3.8, 4) is 5.75 Å². The minimum atomic E-state index is 0.851. The van der Waals surface area contributed by atoms with E-state index in [2.05, 4.69) is 33.1 Å². The van der Waals surface area contributed by atoms with Crippen LogP contribution in [-0.2, 0) is 0 Å². The summed E-state index contributed by atoms with van der Waals surface area (Å²) in [5.41, 5.74) is 1.10. The summed E-state index contributed by atoms with van der Waals surface area (Å²) in [5.74, 6) is 0.851. The van der Waals surface area contributed by atoms with E-state index in [-0.39, 0.29) is 0 Å². The molecule has 0 aliphatic heterocycles. The number of aliphatic imine (C=N–C) groups is 1. The van der Waals surface area contributed by atoms with Gasteiger partial charge in [0.15, 0.2) is 0 Å². The summed E-state index contributed by atoms with van der Waals surface area (Å²) in [7, 11) is 3.44. The molecular formula is C13H12BrNO. The van der Waals surface area contributed by atoms with Gasteiger partial charge >= 0.3 is 0 Å². The van der Waals surface area contributed by atoms with E-state index in [4.69, 9.17) is 4.74 Å². The van der Waals surface area contributed by atoms with E-state index in [0.29, 0.717) is 0 Å². The van der Waals surface area contributed by atoms with E-state index in [1.807, 2.05) is 24.4 Å². The second-order valence-electron chi connectivity index (χ2n) is 3.45. The number of nitrogens with zero attached hydrogens (tertiary/aromatic N) is 1. The lowest BCUT2D eigenvalue weighted by atomic mass is 10.1. The van der Waals surface area contributed by atoms with E-state index < -0.39 is 0 Å². The van der Waals surface area contributed by atoms with Gasteiger partial charge in [0.25, 0.3) is 0 Å². The highest BCUT2D eigenvalue weighted by molar-refractivity contribution is 9.10. The Morgan fingerprint density at radius 3 is 2.75 bits per heavy atom. The summed E-state index contributed by atoms with van der Waals surface area (Å²) in [5, 5.41) is 2.32. The predicted octanol–water partition coefficient (Wildman–Crippen LogP) is 3.66. The quantitative estimate of drug-likeness (QED) is 0.768. The molecule has 0 amide bonds. The van der Waals surface area contributed by atoms with Crippen LogP contribution in [0.2, 0.25) is 0 Å². The average molecular weight is 278 g/mol. The van der Waals surface area contributed by atoms with Gasteiger partial charge in [-0.15, -0.1) is 0 Å². The fraction of sp³-hybridized carbons (Fsp3) is 0.154. The third-order valence-electron chi connectivity index (χ3n) is 2.44. The fourth-order valence-electron chi connectivity index (χ4n) is 1.68. The van der Waals surface area contributed by atoms with Crippen molar-refractivity contribution in [1.82, 2.24) is 0 Å². The first-order valence-electron chi connectivity index (χ1n) is 4.94. The van der Waals surface area contributed by atoms with Crippen LogP contribution in [0.4, 0.5) is 0 Å². The maximum atomic E-state index is 5.26. The molecule has 0 aliphatic carbocycles. The molecule has 0 N–H and O–H groups in total. The number of methoxy groups -OCH3 is 1. The third kappa shape index (κ3) is 1.95. The lowest BCUT2D eigenvalue weighted by Crippen LogP contribution is -1.87. The minimum Gasteiger partial charge on any atom is -0.496 e. The number of halogens is 1. The van der Waals surface area contributed by atoms with Crippen LogP contribution >= 0.6 is 15.9 Å². The maximum absolute atomic E-state index is 5.26. The van der Waals surface area contributed by atoms with Crippen LogP contribution in [0.25, 0.3) is 10.8 Å². The van der Waals surface area contributed by atoms with Gasteiger partial charge in [0.1, 0.15) is 5.75 Å². The first kappa shape index (κ1) is 11.1. The molecule has 0 fully saturated rings. The van der Waals surface area contributed by atoms with E-state index in [0.717, 1.165) is 21.2 Å². The van der Waals surface area contributed by atoms with Crippen molar-refractivity contribution in [3.63, 3.8) is 0 Å². The highest BCUT2D eigenvalue weighted by Crippen LogP contribution is 2.33. The second kappa shape index (κ2) is 4.66. The zero-order valence-electron chi connectivity index (χ0n) is 9.20. The van der Waals surface area contributed by atoms with Gasteiger partial charge in [0, 0.05) is 13.3 Å². The van der Waals surface area contributed by atoms with E-state index >= 15 is 0 Å². The van der Waals surface area contributed by atoms with Crippen molar-refractivity contribution in [2.45, 2.75) is 0 Å². The molecule has 2 rings (SSSR count). The Balaban J connectivity index is 2.65. The van der Waals surface area contributed by atoms with Crippen molar-refractivity contribution in [2.24, 2.45) is 4.99 Å². The van der Waals surface area contributed by atoms with Crippen molar-refractivity contribution < 1.29 is 4.74 Å². The van der Waals surface area contributed by atoms with Gasteiger partial charge in [-0.1, -0.05) is 18.2 Å². The SMILES string of the molecule is C/N=C/c1ccc2c(Br)c(OC)ccc2c1. The lowest BCUT2D eigenvalue weighted by Gasteiger charge is -2.07. The zero-order chi connectivity index (χ0) is 11.5. The Morgan fingerprint density at radius 2 is 2.06 bits per heavy atom. The lowest BCUT2D eigenvalue weighted by molar-refractivity contribution is 0.413. The number of benzene rings is 2. The van der Waals surface area contributed by atoms with E-state index in [1.165, 1.54) is 5.39 Å². The molecule has 2 aromatic carbocycles. The van der Waals surface area contributed by atoms with Gasteiger partial charge in [-0.25, -0.2) is 0 Å². The fourth-order valence-corrected chi connectivity index (χ4v) is 2.33. The molecule has 2 aromatic rings. The van der Waals surface area contributed by atoms with Crippen LogP contribution in [0.5, 0.6) is 5.75 Å². The average Bonchev–Trinajstić information content (AvgIpc) is 2.30. The smallest absolute Gasteiger partial charge is 0.133 e. The molecular weight excluding hydrogens is 266 g/mol. The molecule has 82 valence electrons. The Bertz CT molecular complexity index is 549. The van der Waals surface area contributed by atoms with Crippen LogP contribution in [0.1, 0.15) is 5.56 Å². The summed E-state index contributed by atoms with van der Waals surface area (Å²) in [6, 6.07) is 10.2. The molecule has 0 atom stereocenters. The number of ether oxygens (including phenoxy) is 1. The van der Waals surface area contributed by atoms with Gasteiger partial charge in [-0.2, -0.15) is 0 Å². The van der Waals surface area contributed by atoms with Crippen molar-refractivity contribution in [1.29, 1.82) is 0 Å². The van der Waals surface area contributed by atoms with E-state index in [9.17, 15) is 0 Å². The van der Waals surface area contributed by atoms with Gasteiger partial charge in [0.2, 0.25) is 0 Å². The molecule has 2 nitrogen and oxygen atoms in total. The number of hydrogen-bond acceptors (Lipinski definition) is 2. The normalized spacial score (nSPS) is 11.2. The molecule has 0 saturated carbocycles. The summed E-state index contributed by atoms with van der Waals surface area (Å²) in [4.78, 5) is 4.01. The highest BCUT2D eigenvalue weighted by atomic mass is 79.9. The Morgan fingerprint density at radius 1 is 1.25 bits per heavy atom. The van der Waals surface area contributed by atoms with Crippen LogP contribution in [0.3, 0.4) is 0 Å². The molecule has 0 aromatic heterocycles. The van der Waals surface area contributed by atoms with Crippen molar-refractivity contribution in [2.75, 3.05) is 14.2 Å². The van der Waals surface area contributed by atoms with Crippen LogP contribution < -0.4 is 4.74 Å². The number of fused-ring (bicyclic) bond motifs is 1. The zero-order valence-corrected chi connectivity index (χ0v) is 10.8. The summed E-state index contributed by atoms with van der Waals surface area (Å²) in [6.07, 6.45) is 1.84. The molecule has 0 radical (unpaired) electrons. The molecule has 0 aliphatic rings. The van der Waals surface area contributed by atoms with E-state index in [1.54, 1.807) is 14.2 Å². The van der Waals surface area contributed by atoms with Crippen molar-refractivity contribution >= 4 is 32.9 Å². The maximum Gasteiger partial charge on any atom is 0.133 e. The first-order valence-corrected chi connectivity index (χ1v) is 5.74. The minimum absolute atomic E-state index is 0.851. The van der Waals surface area contributed by atoms with Gasteiger partial charge < -0.3 is 4.74 Å². The standard InChI is InChI=1S/C13H12BrNO/c1-15-8-9-3-5-11-10(7-9)4-6-12(16-2)13(11)14/h3-8H,1-2H3/b15-8+. The summed E-state index contributed by atoms with van der Waals surface area (Å²) >= 11 is 3.55. The third-order valence-corrected chi connectivity index (χ3v) is 3.26. The molecule has 0 spiro atoms. The molecule has 3 heteroatoms. The van der Waals surface area contributed by atoms with Gasteiger partial charge in [-0.05, 0) is 44.4 Å². The van der Waals surface area contributed by atoms with Crippen LogP contribution in [-0.4, -0.2) is 20.4 Å². The number of rotatable bonds is 2. The summed E-state index contributed by atoms with van der Waals surface area (Å²) < 4.78 is 6.25. The molecule has 0 bridgehead atoms. The molecule has 0 heterocycles. The monoisotopic (exact) mass is 277 g/mol. The first-order chi connectivity index (χ1) is 7.76. The second-order valence-corrected chi connectivity index (χ2v) is 4.24. The Labute approximate surface area is 103 Å². The Kier molecular flexibility index (Phi) is 3.25. The highest BCUT2D eigenvalue weighted by Gasteiger charge is 2.05. The molecule has 16 heavy (non-hydrogen) atoms. The van der Waals surface area contributed by atoms with Crippen molar-refractivity contribution in [3.05, 3.63) is 40.4 Å². The predicted molar refractivity (Wildman–Crippen MR) is 71.7 cm³/mol. The van der Waals surface area contributed by atoms with Crippen LogP contribution in [0, 0.1) is 0 Å². The Hall–Kier alpha value is -1.35. The topological polar surface area (TPSA) is 21.6 Å². The molecule has 0 saturated heterocycles. The van der Waals surface area contributed by atoms with Crippen LogP contribution in [0.15, 0.2) is 39.8 Å².